The quantitative estimate of drug-likeness (QED) is 0.349. The summed E-state index contributed by atoms with van der Waals surface area (Å²) in [5.74, 6) is -1.18. The number of benzene rings is 2. The molecule has 2 amide bonds. The number of aromatic nitrogens is 1. The van der Waals surface area contributed by atoms with E-state index in [1.165, 1.54) is 24.2 Å². The van der Waals surface area contributed by atoms with Crippen molar-refractivity contribution in [2.75, 3.05) is 27.2 Å². The second-order valence-corrected chi connectivity index (χ2v) is 10.3. The molecule has 2 aromatic carbocycles. The predicted molar refractivity (Wildman–Crippen MR) is 144 cm³/mol. The SMILES string of the molecule is COc1ccc(C(=O)N(C)[C@H]2CN(C(=O)c3ccc(OC(C)C)nc3)C[C@@H]2c2ccc(Cl)cc2)cc1C(F)(F)F. The second kappa shape index (κ2) is 11.8. The van der Waals surface area contributed by atoms with Gasteiger partial charge in [-0.15, -0.1) is 0 Å². The number of likely N-dealkylation sites (tertiary alicyclic amines) is 1. The number of pyridine rings is 1. The summed E-state index contributed by atoms with van der Waals surface area (Å²) < 4.78 is 51.2. The fourth-order valence-electron chi connectivity index (χ4n) is 4.80. The maximum Gasteiger partial charge on any atom is 0.419 e. The first kappa shape index (κ1) is 29.2. The van der Waals surface area contributed by atoms with Crippen LogP contribution in [0.15, 0.2) is 60.8 Å². The number of halogens is 4. The van der Waals surface area contributed by atoms with E-state index in [1.807, 2.05) is 26.0 Å². The molecule has 1 aromatic heterocycles. The Bertz CT molecular complexity index is 1360. The van der Waals surface area contributed by atoms with Gasteiger partial charge in [0.1, 0.15) is 5.75 Å². The lowest BCUT2D eigenvalue weighted by Crippen LogP contribution is -2.42. The van der Waals surface area contributed by atoms with Crippen LogP contribution in [-0.4, -0.2) is 66.0 Å². The van der Waals surface area contributed by atoms with Gasteiger partial charge >= 0.3 is 6.18 Å². The van der Waals surface area contributed by atoms with Crippen molar-refractivity contribution in [3.05, 3.63) is 88.1 Å². The number of likely N-dealkylation sites (N-methyl/N-ethyl adjacent to an activating group) is 1. The summed E-state index contributed by atoms with van der Waals surface area (Å²) in [6.45, 7) is 4.19. The number of hydrogen-bond donors (Lipinski definition) is 0. The zero-order valence-electron chi connectivity index (χ0n) is 22.4. The summed E-state index contributed by atoms with van der Waals surface area (Å²) in [7, 11) is 2.67. The zero-order chi connectivity index (χ0) is 29.2. The van der Waals surface area contributed by atoms with E-state index in [9.17, 15) is 22.8 Å². The summed E-state index contributed by atoms with van der Waals surface area (Å²) in [5.41, 5.74) is 0.0174. The van der Waals surface area contributed by atoms with Crippen LogP contribution in [0.25, 0.3) is 0 Å². The summed E-state index contributed by atoms with van der Waals surface area (Å²) in [5, 5.41) is 0.531. The molecule has 2 atom stereocenters. The minimum atomic E-state index is -4.70. The Morgan fingerprint density at radius 2 is 1.73 bits per heavy atom. The highest BCUT2D eigenvalue weighted by Crippen LogP contribution is 2.38. The molecule has 1 aliphatic heterocycles. The van der Waals surface area contributed by atoms with Crippen molar-refractivity contribution in [3.8, 4) is 11.6 Å². The van der Waals surface area contributed by atoms with Crippen molar-refractivity contribution in [1.29, 1.82) is 0 Å². The van der Waals surface area contributed by atoms with E-state index in [1.54, 1.807) is 29.2 Å². The van der Waals surface area contributed by atoms with E-state index < -0.39 is 23.7 Å². The molecule has 1 aliphatic rings. The first-order valence-electron chi connectivity index (χ1n) is 12.6. The van der Waals surface area contributed by atoms with Crippen LogP contribution < -0.4 is 9.47 Å². The summed E-state index contributed by atoms with van der Waals surface area (Å²) >= 11 is 6.08. The Morgan fingerprint density at radius 1 is 1.05 bits per heavy atom. The summed E-state index contributed by atoms with van der Waals surface area (Å²) in [6, 6.07) is 13.0. The molecule has 0 N–H and O–H groups in total. The number of carbonyl (C=O) groups is 2. The number of alkyl halides is 3. The molecule has 0 bridgehead atoms. The van der Waals surface area contributed by atoms with Gasteiger partial charge in [0.25, 0.3) is 11.8 Å². The minimum Gasteiger partial charge on any atom is -0.496 e. The largest absolute Gasteiger partial charge is 0.496 e. The minimum absolute atomic E-state index is 0.0699. The van der Waals surface area contributed by atoms with Crippen LogP contribution in [0.3, 0.4) is 0 Å². The average Bonchev–Trinajstić information content (AvgIpc) is 3.37. The molecular formula is C29H29ClF3N3O4. The molecule has 11 heteroatoms. The number of methoxy groups -OCH3 is 1. The van der Waals surface area contributed by atoms with E-state index >= 15 is 0 Å². The van der Waals surface area contributed by atoms with Gasteiger partial charge in [-0.25, -0.2) is 4.98 Å². The molecule has 3 aromatic rings. The Morgan fingerprint density at radius 3 is 2.30 bits per heavy atom. The predicted octanol–water partition coefficient (Wildman–Crippen LogP) is 5.93. The maximum atomic E-state index is 13.6. The van der Waals surface area contributed by atoms with Crippen LogP contribution in [0.2, 0.25) is 5.02 Å². The van der Waals surface area contributed by atoms with E-state index in [0.717, 1.165) is 24.8 Å². The third-order valence-electron chi connectivity index (χ3n) is 6.78. The number of rotatable bonds is 7. The zero-order valence-corrected chi connectivity index (χ0v) is 23.2. The van der Waals surface area contributed by atoms with Crippen LogP contribution in [0.1, 0.15) is 51.6 Å². The molecule has 4 rings (SSSR count). The fourth-order valence-corrected chi connectivity index (χ4v) is 4.93. The molecule has 2 heterocycles. The van der Waals surface area contributed by atoms with Gasteiger partial charge in [0.05, 0.1) is 30.4 Å². The normalized spacial score (nSPS) is 17.2. The monoisotopic (exact) mass is 575 g/mol. The van der Waals surface area contributed by atoms with Crippen molar-refractivity contribution < 1.29 is 32.2 Å². The number of carbonyl (C=O) groups excluding carboxylic acids is 2. The molecule has 212 valence electrons. The van der Waals surface area contributed by atoms with E-state index in [2.05, 4.69) is 4.98 Å². The third kappa shape index (κ3) is 6.33. The van der Waals surface area contributed by atoms with Gasteiger partial charge in [-0.3, -0.25) is 9.59 Å². The summed E-state index contributed by atoms with van der Waals surface area (Å²) in [6.07, 6.45) is -3.33. The molecule has 0 radical (unpaired) electrons. The van der Waals surface area contributed by atoms with Gasteiger partial charge in [-0.2, -0.15) is 13.2 Å². The van der Waals surface area contributed by atoms with E-state index in [-0.39, 0.29) is 42.3 Å². The van der Waals surface area contributed by atoms with Gasteiger partial charge in [0.15, 0.2) is 0 Å². The smallest absolute Gasteiger partial charge is 0.419 e. The fraction of sp³-hybridized carbons (Fsp3) is 0.345. The molecule has 0 aliphatic carbocycles. The average molecular weight is 576 g/mol. The molecule has 1 fully saturated rings. The van der Waals surface area contributed by atoms with Crippen LogP contribution in [-0.2, 0) is 6.18 Å². The molecule has 40 heavy (non-hydrogen) atoms. The summed E-state index contributed by atoms with van der Waals surface area (Å²) in [4.78, 5) is 34.1. The van der Waals surface area contributed by atoms with Gasteiger partial charge in [-0.05, 0) is 55.8 Å². The number of nitrogens with zero attached hydrogens (tertiary/aromatic N) is 3. The lowest BCUT2D eigenvalue weighted by molar-refractivity contribution is -0.138. The van der Waals surface area contributed by atoms with Crippen molar-refractivity contribution in [2.24, 2.45) is 0 Å². The topological polar surface area (TPSA) is 72.0 Å². The highest BCUT2D eigenvalue weighted by atomic mass is 35.5. The molecule has 0 unspecified atom stereocenters. The first-order chi connectivity index (χ1) is 18.9. The Kier molecular flexibility index (Phi) is 8.58. The lowest BCUT2D eigenvalue weighted by atomic mass is 9.93. The van der Waals surface area contributed by atoms with Crippen molar-refractivity contribution in [2.45, 2.75) is 38.1 Å². The highest BCUT2D eigenvalue weighted by molar-refractivity contribution is 6.30. The Hall–Kier alpha value is -3.79. The van der Waals surface area contributed by atoms with Gasteiger partial charge < -0.3 is 19.3 Å². The maximum absolute atomic E-state index is 13.6. The number of hydrogen-bond acceptors (Lipinski definition) is 5. The van der Waals surface area contributed by atoms with Crippen molar-refractivity contribution in [3.63, 3.8) is 0 Å². The Balaban J connectivity index is 1.63. The molecule has 0 saturated carbocycles. The van der Waals surface area contributed by atoms with Crippen LogP contribution in [0.4, 0.5) is 13.2 Å². The second-order valence-electron chi connectivity index (χ2n) is 9.82. The molecular weight excluding hydrogens is 547 g/mol. The molecule has 0 spiro atoms. The number of amides is 2. The molecule has 7 nitrogen and oxygen atoms in total. The molecule has 1 saturated heterocycles. The number of ether oxygens (including phenoxy) is 2. The van der Waals surface area contributed by atoms with Crippen LogP contribution in [0, 0.1) is 0 Å². The van der Waals surface area contributed by atoms with Crippen molar-refractivity contribution in [1.82, 2.24) is 14.8 Å². The van der Waals surface area contributed by atoms with Gasteiger partial charge in [0, 0.05) is 48.9 Å². The van der Waals surface area contributed by atoms with Crippen LogP contribution >= 0.6 is 11.6 Å². The van der Waals surface area contributed by atoms with Crippen LogP contribution in [0.5, 0.6) is 11.6 Å². The lowest BCUT2D eigenvalue weighted by Gasteiger charge is -2.29. The van der Waals surface area contributed by atoms with Gasteiger partial charge in [-0.1, -0.05) is 23.7 Å². The van der Waals surface area contributed by atoms with Gasteiger partial charge in [0.2, 0.25) is 5.88 Å². The standard InChI is InChI=1S/C29H29ClF3N3O4/c1-17(2)40-26-12-8-20(14-34-26)28(38)36-15-22(18-5-9-21(30)10-6-18)24(16-36)35(3)27(37)19-7-11-25(39-4)23(13-19)29(31,32)33/h5-14,17,22,24H,15-16H2,1-4H3/t22-,24+/m1/s1. The first-order valence-corrected chi connectivity index (χ1v) is 13.0. The van der Waals surface area contributed by atoms with E-state index in [0.29, 0.717) is 16.5 Å². The third-order valence-corrected chi connectivity index (χ3v) is 7.04. The Labute approximate surface area is 235 Å². The van der Waals surface area contributed by atoms with E-state index in [4.69, 9.17) is 21.1 Å². The highest BCUT2D eigenvalue weighted by Gasteiger charge is 2.41. The van der Waals surface area contributed by atoms with Crippen molar-refractivity contribution >= 4 is 23.4 Å².